The van der Waals surface area contributed by atoms with Crippen molar-refractivity contribution in [2.75, 3.05) is 6.61 Å². The first kappa shape index (κ1) is 19.0. The van der Waals surface area contributed by atoms with E-state index in [0.717, 1.165) is 12.1 Å². The van der Waals surface area contributed by atoms with E-state index in [9.17, 15) is 24.6 Å². The van der Waals surface area contributed by atoms with Gasteiger partial charge in [-0.05, 0) is 30.7 Å². The quantitative estimate of drug-likeness (QED) is 0.306. The highest BCUT2D eigenvalue weighted by molar-refractivity contribution is 5.91. The average molecular weight is 340 g/mol. The highest BCUT2D eigenvalue weighted by Gasteiger charge is 2.36. The zero-order valence-electron chi connectivity index (χ0n) is 12.6. The number of carboxylic acid groups (broad SMARTS) is 1. The minimum atomic E-state index is -2.28. The molecular weight excluding hydrogens is 324 g/mol. The summed E-state index contributed by atoms with van der Waals surface area (Å²) in [4.78, 5) is 34.0. The number of esters is 2. The minimum Gasteiger partial charge on any atom is -0.504 e. The van der Waals surface area contributed by atoms with E-state index in [1.807, 2.05) is 0 Å². The second-order valence-corrected chi connectivity index (χ2v) is 4.47. The molecule has 1 aromatic carbocycles. The van der Waals surface area contributed by atoms with Crippen molar-refractivity contribution in [3.8, 4) is 11.5 Å². The number of phenolic OH excluding ortho intramolecular Hbond substituents is 2. The molecule has 0 aliphatic carbocycles. The topological polar surface area (TPSA) is 151 Å². The molecule has 1 aromatic rings. The van der Waals surface area contributed by atoms with E-state index in [2.05, 4.69) is 9.47 Å². The predicted molar refractivity (Wildman–Crippen MR) is 79.0 cm³/mol. The molecule has 0 fully saturated rings. The van der Waals surface area contributed by atoms with Crippen LogP contribution in [-0.4, -0.2) is 57.1 Å². The van der Waals surface area contributed by atoms with Crippen LogP contribution in [0, 0.1) is 0 Å². The van der Waals surface area contributed by atoms with Crippen LogP contribution in [0.25, 0.3) is 6.08 Å². The number of aliphatic hydroxyl groups is 1. The zero-order valence-corrected chi connectivity index (χ0v) is 12.6. The molecule has 0 bridgehead atoms. The summed E-state index contributed by atoms with van der Waals surface area (Å²) in [5.74, 6) is -4.82. The number of phenols is 2. The van der Waals surface area contributed by atoms with Gasteiger partial charge in [-0.2, -0.15) is 0 Å². The molecule has 9 nitrogen and oxygen atoms in total. The number of ether oxygens (including phenoxy) is 2. The van der Waals surface area contributed by atoms with E-state index in [1.165, 1.54) is 25.1 Å². The van der Waals surface area contributed by atoms with Crippen LogP contribution < -0.4 is 0 Å². The van der Waals surface area contributed by atoms with E-state index in [1.54, 1.807) is 0 Å². The number of benzene rings is 1. The fourth-order valence-electron chi connectivity index (χ4n) is 1.57. The van der Waals surface area contributed by atoms with Crippen molar-refractivity contribution in [3.05, 3.63) is 29.8 Å². The summed E-state index contributed by atoms with van der Waals surface area (Å²) in [6, 6.07) is 3.73. The Balaban J connectivity index is 2.83. The van der Waals surface area contributed by atoms with Gasteiger partial charge in [0.1, 0.15) is 0 Å². The van der Waals surface area contributed by atoms with E-state index in [-0.39, 0.29) is 12.4 Å². The first-order valence-electron chi connectivity index (χ1n) is 6.74. The number of carboxylic acids is 1. The first-order valence-corrected chi connectivity index (χ1v) is 6.74. The lowest BCUT2D eigenvalue weighted by molar-refractivity contribution is -0.179. The monoisotopic (exact) mass is 340 g/mol. The normalized spacial score (nSPS) is 13.2. The summed E-state index contributed by atoms with van der Waals surface area (Å²) in [5.41, 5.74) is 0.328. The molecule has 0 aromatic heterocycles. The minimum absolute atomic E-state index is 0.0954. The molecule has 130 valence electrons. The van der Waals surface area contributed by atoms with Gasteiger partial charge in [-0.3, -0.25) is 0 Å². The number of aliphatic carboxylic acids is 1. The predicted octanol–water partition coefficient (Wildman–Crippen LogP) is 0.0314. The lowest BCUT2D eigenvalue weighted by Crippen LogP contribution is -2.43. The third-order valence-corrected chi connectivity index (χ3v) is 2.71. The molecule has 0 saturated carbocycles. The molecule has 0 heterocycles. The highest BCUT2D eigenvalue weighted by Crippen LogP contribution is 2.25. The zero-order chi connectivity index (χ0) is 18.3. The summed E-state index contributed by atoms with van der Waals surface area (Å²) >= 11 is 0. The standard InChI is InChI=1S/C15H16O9/c1-2-23-15(22)13(12(19)14(20)21)24-11(18)6-4-8-3-5-9(16)10(17)7-8/h3-7,12-13,16-17,19H,2H2,1H3,(H,20,21)/t12-,13-/m1/s1. The smallest absolute Gasteiger partial charge is 0.350 e. The molecule has 0 unspecified atom stereocenters. The van der Waals surface area contributed by atoms with Gasteiger partial charge in [-0.15, -0.1) is 0 Å². The SMILES string of the molecule is CCOC(=O)[C@H](OC(=O)C=Cc1ccc(O)c(O)c1)[C@@H](O)C(=O)O. The van der Waals surface area contributed by atoms with E-state index < -0.39 is 35.9 Å². The molecule has 0 radical (unpaired) electrons. The Kier molecular flexibility index (Phi) is 6.75. The van der Waals surface area contributed by atoms with Gasteiger partial charge < -0.3 is 29.9 Å². The Morgan fingerprint density at radius 2 is 1.88 bits per heavy atom. The summed E-state index contributed by atoms with van der Waals surface area (Å²) in [7, 11) is 0. The maximum atomic E-state index is 11.7. The summed E-state index contributed by atoms with van der Waals surface area (Å²) in [6.45, 7) is 1.36. The maximum Gasteiger partial charge on any atom is 0.350 e. The third kappa shape index (κ3) is 5.29. The average Bonchev–Trinajstić information content (AvgIpc) is 2.53. The van der Waals surface area contributed by atoms with Crippen LogP contribution in [0.5, 0.6) is 11.5 Å². The molecule has 24 heavy (non-hydrogen) atoms. The van der Waals surface area contributed by atoms with Crippen molar-refractivity contribution in [2.24, 2.45) is 0 Å². The van der Waals surface area contributed by atoms with Gasteiger partial charge in [0.2, 0.25) is 6.10 Å². The number of carbonyl (C=O) groups is 3. The molecule has 9 heteroatoms. The highest BCUT2D eigenvalue weighted by atomic mass is 16.6. The van der Waals surface area contributed by atoms with E-state index >= 15 is 0 Å². The van der Waals surface area contributed by atoms with Gasteiger partial charge in [0.15, 0.2) is 17.6 Å². The molecule has 1 rings (SSSR count). The van der Waals surface area contributed by atoms with E-state index in [4.69, 9.17) is 10.2 Å². The van der Waals surface area contributed by atoms with Crippen molar-refractivity contribution in [1.29, 1.82) is 0 Å². The number of hydrogen-bond donors (Lipinski definition) is 4. The van der Waals surface area contributed by atoms with Crippen LogP contribution in [0.1, 0.15) is 12.5 Å². The van der Waals surface area contributed by atoms with Crippen molar-refractivity contribution < 1.29 is 44.3 Å². The van der Waals surface area contributed by atoms with Gasteiger partial charge in [0.05, 0.1) is 6.61 Å². The Bertz CT molecular complexity index is 650. The summed E-state index contributed by atoms with van der Waals surface area (Å²) in [5, 5.41) is 36.6. The Morgan fingerprint density at radius 1 is 1.21 bits per heavy atom. The lowest BCUT2D eigenvalue weighted by atomic mass is 10.2. The molecule has 4 N–H and O–H groups in total. The molecular formula is C15H16O9. The Hall–Kier alpha value is -3.07. The number of hydrogen-bond acceptors (Lipinski definition) is 8. The number of rotatable bonds is 7. The number of carbonyl (C=O) groups excluding carboxylic acids is 2. The van der Waals surface area contributed by atoms with Crippen LogP contribution in [0.4, 0.5) is 0 Å². The number of aromatic hydroxyl groups is 2. The van der Waals surface area contributed by atoms with Crippen molar-refractivity contribution in [2.45, 2.75) is 19.1 Å². The third-order valence-electron chi connectivity index (χ3n) is 2.71. The van der Waals surface area contributed by atoms with Gasteiger partial charge in [0, 0.05) is 6.08 Å². The maximum absolute atomic E-state index is 11.7. The van der Waals surface area contributed by atoms with Crippen LogP contribution in [0.15, 0.2) is 24.3 Å². The molecule has 0 aliphatic heterocycles. The fourth-order valence-corrected chi connectivity index (χ4v) is 1.57. The van der Waals surface area contributed by atoms with E-state index in [0.29, 0.717) is 5.56 Å². The summed E-state index contributed by atoms with van der Waals surface area (Å²) in [6.07, 6.45) is -2.25. The van der Waals surface area contributed by atoms with Crippen molar-refractivity contribution in [3.63, 3.8) is 0 Å². The Morgan fingerprint density at radius 3 is 2.42 bits per heavy atom. The van der Waals surface area contributed by atoms with Crippen molar-refractivity contribution in [1.82, 2.24) is 0 Å². The molecule has 0 aliphatic rings. The second-order valence-electron chi connectivity index (χ2n) is 4.47. The molecule has 0 saturated heterocycles. The van der Waals surface area contributed by atoms with Crippen LogP contribution in [-0.2, 0) is 23.9 Å². The summed E-state index contributed by atoms with van der Waals surface area (Å²) < 4.78 is 9.16. The fraction of sp³-hybridized carbons (Fsp3) is 0.267. The largest absolute Gasteiger partial charge is 0.504 e. The van der Waals surface area contributed by atoms with Gasteiger partial charge in [-0.25, -0.2) is 14.4 Å². The Labute approximate surface area is 136 Å². The molecule has 2 atom stereocenters. The van der Waals surface area contributed by atoms with Gasteiger partial charge >= 0.3 is 17.9 Å². The molecule has 0 spiro atoms. The molecule has 0 amide bonds. The van der Waals surface area contributed by atoms with Crippen molar-refractivity contribution >= 4 is 24.0 Å². The number of aliphatic hydroxyl groups excluding tert-OH is 1. The van der Waals surface area contributed by atoms with Crippen LogP contribution >= 0.6 is 0 Å². The van der Waals surface area contributed by atoms with Gasteiger partial charge in [0.25, 0.3) is 0 Å². The second kappa shape index (κ2) is 8.53. The first-order chi connectivity index (χ1) is 11.3. The van der Waals surface area contributed by atoms with Crippen LogP contribution in [0.2, 0.25) is 0 Å². The van der Waals surface area contributed by atoms with Crippen LogP contribution in [0.3, 0.4) is 0 Å². The lowest BCUT2D eigenvalue weighted by Gasteiger charge is -2.17. The van der Waals surface area contributed by atoms with Gasteiger partial charge in [-0.1, -0.05) is 6.07 Å².